The molecule has 0 aromatic carbocycles. The Morgan fingerprint density at radius 3 is 2.87 bits per heavy atom. The first-order valence-electron chi connectivity index (χ1n) is 4.40. The molecule has 5 heteroatoms. The van der Waals surface area contributed by atoms with E-state index in [2.05, 4.69) is 10.1 Å². The summed E-state index contributed by atoms with van der Waals surface area (Å²) >= 11 is 0. The van der Waals surface area contributed by atoms with E-state index in [0.717, 1.165) is 6.20 Å². The van der Waals surface area contributed by atoms with Crippen LogP contribution in [0.3, 0.4) is 0 Å². The van der Waals surface area contributed by atoms with Gasteiger partial charge in [-0.15, -0.1) is 0 Å². The monoisotopic (exact) mass is 210 g/mol. The zero-order valence-corrected chi connectivity index (χ0v) is 8.07. The van der Waals surface area contributed by atoms with Gasteiger partial charge in [0, 0.05) is 5.56 Å². The molecule has 0 spiro atoms. The lowest BCUT2D eigenvalue weighted by molar-refractivity contribution is 0.278. The number of aliphatic hydroxyl groups is 1. The first kappa shape index (κ1) is 9.79. The van der Waals surface area contributed by atoms with E-state index >= 15 is 0 Å². The van der Waals surface area contributed by atoms with Crippen LogP contribution in [0.25, 0.3) is 11.4 Å². The summed E-state index contributed by atoms with van der Waals surface area (Å²) < 4.78 is 17.6. The van der Waals surface area contributed by atoms with Crippen LogP contribution in [0.4, 0.5) is 4.39 Å². The van der Waals surface area contributed by atoms with Gasteiger partial charge in [-0.3, -0.25) is 4.98 Å². The summed E-state index contributed by atoms with van der Waals surface area (Å²) in [6.07, 6.45) is 1.10. The molecule has 0 radical (unpaired) electrons. The molecule has 0 saturated carbocycles. The van der Waals surface area contributed by atoms with Gasteiger partial charge in [-0.1, -0.05) is 5.16 Å². The highest BCUT2D eigenvalue weighted by Gasteiger charge is 2.14. The lowest BCUT2D eigenvalue weighted by Gasteiger charge is -1.97. The van der Waals surface area contributed by atoms with Gasteiger partial charge in [-0.05, 0) is 19.1 Å². The Morgan fingerprint density at radius 2 is 2.27 bits per heavy atom. The number of aliphatic hydroxyl groups excluding tert-OH is 1. The van der Waals surface area contributed by atoms with Gasteiger partial charge in [0.15, 0.2) is 0 Å². The predicted octanol–water partition coefficient (Wildman–Crippen LogP) is 1.68. The highest BCUT2D eigenvalue weighted by Crippen LogP contribution is 2.23. The summed E-state index contributed by atoms with van der Waals surface area (Å²) in [5, 5.41) is 12.9. The second-order valence-electron chi connectivity index (χ2n) is 3.09. The van der Waals surface area contributed by atoms with Crippen LogP contribution >= 0.6 is 0 Å². The highest BCUT2D eigenvalue weighted by molar-refractivity contribution is 5.58. The summed E-state index contributed by atoms with van der Waals surface area (Å²) in [4.78, 5) is 3.86. The van der Waals surface area contributed by atoms with Gasteiger partial charge in [0.25, 0.3) is 0 Å². The Bertz CT molecular complexity index is 465. The van der Waals surface area contributed by atoms with Crippen molar-refractivity contribution in [3.63, 3.8) is 0 Å². The third-order valence-electron chi connectivity index (χ3n) is 2.11. The molecule has 0 bridgehead atoms. The molecule has 0 aliphatic rings. The van der Waals surface area contributed by atoms with Crippen LogP contribution in [-0.4, -0.2) is 15.2 Å². The zero-order valence-electron chi connectivity index (χ0n) is 8.07. The van der Waals surface area contributed by atoms with Crippen molar-refractivity contribution in [1.29, 1.82) is 0 Å². The predicted molar refractivity (Wildman–Crippen MR) is 50.4 cm³/mol. The van der Waals surface area contributed by atoms with Crippen LogP contribution in [0.15, 0.2) is 22.9 Å². The van der Waals surface area contributed by atoms with Crippen LogP contribution in [0.5, 0.6) is 0 Å². The third kappa shape index (κ3) is 1.73. The van der Waals surface area contributed by atoms with Crippen molar-refractivity contribution in [2.45, 2.75) is 13.5 Å². The van der Waals surface area contributed by atoms with Gasteiger partial charge in [0.2, 0.25) is 0 Å². The van der Waals surface area contributed by atoms with E-state index in [9.17, 15) is 4.39 Å². The second kappa shape index (κ2) is 3.78. The SMILES string of the molecule is Cc1onc(-c2ccc(F)cn2)c1[14CH2]O. The first-order chi connectivity index (χ1) is 7.22. The lowest BCUT2D eigenvalue weighted by Crippen LogP contribution is -1.91. The van der Waals surface area contributed by atoms with Gasteiger partial charge in [-0.25, -0.2) is 4.39 Å². The van der Waals surface area contributed by atoms with Crippen molar-refractivity contribution in [2.24, 2.45) is 0 Å². The molecule has 2 aromatic rings. The molecule has 0 aliphatic carbocycles. The number of hydrogen-bond donors (Lipinski definition) is 1. The van der Waals surface area contributed by atoms with Crippen molar-refractivity contribution in [3.05, 3.63) is 35.5 Å². The fourth-order valence-corrected chi connectivity index (χ4v) is 1.29. The molecule has 0 aliphatic heterocycles. The third-order valence-corrected chi connectivity index (χ3v) is 2.11. The summed E-state index contributed by atoms with van der Waals surface area (Å²) in [6, 6.07) is 2.78. The quantitative estimate of drug-likeness (QED) is 0.819. The summed E-state index contributed by atoms with van der Waals surface area (Å²) in [7, 11) is 0. The Morgan fingerprint density at radius 1 is 1.47 bits per heavy atom. The molecule has 0 saturated heterocycles. The van der Waals surface area contributed by atoms with Gasteiger partial charge in [0.05, 0.1) is 18.5 Å². The van der Waals surface area contributed by atoms with E-state index < -0.39 is 5.82 Å². The largest absolute Gasteiger partial charge is 0.391 e. The van der Waals surface area contributed by atoms with Gasteiger partial charge in [0.1, 0.15) is 17.3 Å². The minimum absolute atomic E-state index is 0.177. The number of nitrogens with zero attached hydrogens (tertiary/aromatic N) is 2. The van der Waals surface area contributed by atoms with E-state index in [-0.39, 0.29) is 6.61 Å². The normalized spacial score (nSPS) is 10.6. The average Bonchev–Trinajstić information content (AvgIpc) is 2.61. The van der Waals surface area contributed by atoms with Gasteiger partial charge >= 0.3 is 0 Å². The number of aryl methyl sites for hydroxylation is 1. The molecule has 78 valence electrons. The second-order valence-corrected chi connectivity index (χ2v) is 3.09. The van der Waals surface area contributed by atoms with Crippen molar-refractivity contribution < 1.29 is 14.0 Å². The van der Waals surface area contributed by atoms with Crippen LogP contribution in [0.1, 0.15) is 11.3 Å². The number of halogens is 1. The van der Waals surface area contributed by atoms with Crippen molar-refractivity contribution >= 4 is 0 Å². The van der Waals surface area contributed by atoms with Crippen LogP contribution in [0.2, 0.25) is 0 Å². The molecule has 2 heterocycles. The Balaban J connectivity index is 2.49. The minimum atomic E-state index is -0.412. The van der Waals surface area contributed by atoms with Crippen LogP contribution in [0, 0.1) is 12.7 Å². The van der Waals surface area contributed by atoms with Crippen molar-refractivity contribution in [1.82, 2.24) is 10.1 Å². The molecule has 2 aromatic heterocycles. The maximum Gasteiger partial charge on any atom is 0.141 e. The molecule has 15 heavy (non-hydrogen) atoms. The summed E-state index contributed by atoms with van der Waals surface area (Å²) in [5.74, 6) is 0.128. The number of pyridine rings is 1. The molecule has 2 rings (SSSR count). The average molecular weight is 210 g/mol. The molecule has 0 unspecified atom stereocenters. The maximum absolute atomic E-state index is 12.6. The fourth-order valence-electron chi connectivity index (χ4n) is 1.29. The number of rotatable bonds is 2. The van der Waals surface area contributed by atoms with E-state index in [1.165, 1.54) is 12.1 Å². The van der Waals surface area contributed by atoms with Gasteiger partial charge < -0.3 is 9.63 Å². The molecular weight excluding hydrogens is 201 g/mol. The number of aromatic nitrogens is 2. The molecule has 4 nitrogen and oxygen atoms in total. The van der Waals surface area contributed by atoms with Crippen LogP contribution < -0.4 is 0 Å². The summed E-state index contributed by atoms with van der Waals surface area (Å²) in [5.41, 5.74) is 1.52. The number of hydrogen-bond acceptors (Lipinski definition) is 4. The van der Waals surface area contributed by atoms with Gasteiger partial charge in [-0.2, -0.15) is 0 Å². The van der Waals surface area contributed by atoms with Crippen molar-refractivity contribution in [2.75, 3.05) is 0 Å². The van der Waals surface area contributed by atoms with E-state index in [0.29, 0.717) is 22.7 Å². The maximum atomic E-state index is 12.6. The molecule has 1 N–H and O–H groups in total. The van der Waals surface area contributed by atoms with Crippen LogP contribution in [-0.2, 0) is 6.61 Å². The standard InChI is InChI=1S/C10H9FN2O2/c1-6-8(5-14)10(13-15-6)9-3-2-7(11)4-12-9/h2-4,14H,5H2,1H3/i5+2. The minimum Gasteiger partial charge on any atom is -0.391 e. The van der Waals surface area contributed by atoms with Crippen molar-refractivity contribution in [3.8, 4) is 11.4 Å². The fraction of sp³-hybridized carbons (Fsp3) is 0.200. The Kier molecular flexibility index (Phi) is 2.47. The lowest BCUT2D eigenvalue weighted by atomic mass is 10.2. The summed E-state index contributed by atoms with van der Waals surface area (Å²) in [6.45, 7) is 1.52. The Labute approximate surface area is 85.4 Å². The van der Waals surface area contributed by atoms with E-state index in [1.807, 2.05) is 0 Å². The van der Waals surface area contributed by atoms with E-state index in [4.69, 9.17) is 9.63 Å². The smallest absolute Gasteiger partial charge is 0.141 e. The first-order valence-corrected chi connectivity index (χ1v) is 4.40. The molecule has 0 atom stereocenters. The zero-order chi connectivity index (χ0) is 10.8. The highest BCUT2D eigenvalue weighted by atomic mass is 19.1. The molecule has 0 amide bonds. The Hall–Kier alpha value is -1.75. The molecule has 0 fully saturated rings. The topological polar surface area (TPSA) is 59.2 Å². The molecular formula is C10H9FN2O2. The van der Waals surface area contributed by atoms with E-state index in [1.54, 1.807) is 6.92 Å².